The van der Waals surface area contributed by atoms with Gasteiger partial charge in [-0.3, -0.25) is 10.1 Å². The Kier molecular flexibility index (Phi) is 5.66. The zero-order valence-electron chi connectivity index (χ0n) is 15.3. The first-order chi connectivity index (χ1) is 13.2. The fourth-order valence-electron chi connectivity index (χ4n) is 3.56. The molecule has 1 fully saturated rings. The van der Waals surface area contributed by atoms with Gasteiger partial charge in [0.05, 0.1) is 21.6 Å². The number of anilines is 1. The van der Waals surface area contributed by atoms with Gasteiger partial charge in [-0.15, -0.1) is 0 Å². The second kappa shape index (κ2) is 7.84. The average molecular weight is 408 g/mol. The molecule has 1 heterocycles. The van der Waals surface area contributed by atoms with Crippen molar-refractivity contribution >= 4 is 21.2 Å². The molecule has 0 spiro atoms. The van der Waals surface area contributed by atoms with Crippen molar-refractivity contribution in [1.29, 1.82) is 0 Å². The van der Waals surface area contributed by atoms with Crippen LogP contribution in [0.15, 0.2) is 47.4 Å². The third kappa shape index (κ3) is 4.31. The van der Waals surface area contributed by atoms with Gasteiger partial charge in [0.1, 0.15) is 5.82 Å². The van der Waals surface area contributed by atoms with E-state index in [0.29, 0.717) is 37.2 Å². The van der Waals surface area contributed by atoms with Crippen LogP contribution in [0.4, 0.5) is 15.8 Å². The van der Waals surface area contributed by atoms with Gasteiger partial charge in [0.15, 0.2) is 9.84 Å². The van der Waals surface area contributed by atoms with E-state index >= 15 is 0 Å². The van der Waals surface area contributed by atoms with Crippen LogP contribution in [0.3, 0.4) is 0 Å². The summed E-state index contributed by atoms with van der Waals surface area (Å²) in [4.78, 5) is 12.2. The number of benzene rings is 2. The van der Waals surface area contributed by atoms with Crippen LogP contribution in [-0.4, -0.2) is 37.8 Å². The quantitative estimate of drug-likeness (QED) is 0.603. The molecule has 28 heavy (non-hydrogen) atoms. The van der Waals surface area contributed by atoms with E-state index in [1.54, 1.807) is 12.1 Å². The molecule has 0 bridgehead atoms. The van der Waals surface area contributed by atoms with Crippen LogP contribution in [0.2, 0.25) is 0 Å². The highest BCUT2D eigenvalue weighted by Gasteiger charge is 2.29. The van der Waals surface area contributed by atoms with Gasteiger partial charge in [-0.1, -0.05) is 12.1 Å². The number of nitrogens with zero attached hydrogens (tertiary/aromatic N) is 2. The van der Waals surface area contributed by atoms with Crippen LogP contribution in [-0.2, 0) is 9.84 Å². The SMILES string of the molecule is CS(=O)(=O)c1cc([N+](=O)[O-])ccc1N1CCC(C(O)c2ccc(F)cc2)CC1. The second-order valence-electron chi connectivity index (χ2n) is 7.00. The maximum absolute atomic E-state index is 13.1. The summed E-state index contributed by atoms with van der Waals surface area (Å²) in [5, 5.41) is 21.5. The number of rotatable bonds is 5. The van der Waals surface area contributed by atoms with Gasteiger partial charge in [-0.2, -0.15) is 0 Å². The summed E-state index contributed by atoms with van der Waals surface area (Å²) in [5.41, 5.74) is 0.806. The van der Waals surface area contributed by atoms with Crippen molar-refractivity contribution in [1.82, 2.24) is 0 Å². The molecule has 2 aromatic rings. The van der Waals surface area contributed by atoms with E-state index in [9.17, 15) is 28.0 Å². The molecule has 0 aliphatic carbocycles. The predicted molar refractivity (Wildman–Crippen MR) is 103 cm³/mol. The average Bonchev–Trinajstić information content (AvgIpc) is 2.67. The number of non-ortho nitro benzene ring substituents is 1. The number of aliphatic hydroxyl groups is 1. The van der Waals surface area contributed by atoms with E-state index in [1.807, 2.05) is 4.90 Å². The lowest BCUT2D eigenvalue weighted by Gasteiger charge is -2.36. The lowest BCUT2D eigenvalue weighted by atomic mass is 9.87. The highest BCUT2D eigenvalue weighted by atomic mass is 32.2. The first-order valence-electron chi connectivity index (χ1n) is 8.84. The van der Waals surface area contributed by atoms with Crippen molar-refractivity contribution in [2.45, 2.75) is 23.8 Å². The smallest absolute Gasteiger partial charge is 0.270 e. The largest absolute Gasteiger partial charge is 0.388 e. The summed E-state index contributed by atoms with van der Waals surface area (Å²) in [7, 11) is -3.65. The van der Waals surface area contributed by atoms with E-state index in [4.69, 9.17) is 0 Å². The summed E-state index contributed by atoms with van der Waals surface area (Å²) < 4.78 is 37.3. The van der Waals surface area contributed by atoms with Crippen LogP contribution >= 0.6 is 0 Å². The highest BCUT2D eigenvalue weighted by molar-refractivity contribution is 7.90. The molecular weight excluding hydrogens is 387 g/mol. The van der Waals surface area contributed by atoms with Crippen molar-refractivity contribution in [3.63, 3.8) is 0 Å². The Bertz CT molecular complexity index is 970. The molecule has 1 unspecified atom stereocenters. The van der Waals surface area contributed by atoms with Crippen molar-refractivity contribution < 1.29 is 22.8 Å². The van der Waals surface area contributed by atoms with E-state index in [-0.39, 0.29) is 22.3 Å². The number of sulfone groups is 1. The minimum absolute atomic E-state index is 0.0403. The molecule has 0 amide bonds. The van der Waals surface area contributed by atoms with E-state index in [0.717, 1.165) is 12.3 Å². The fourth-order valence-corrected chi connectivity index (χ4v) is 4.47. The summed E-state index contributed by atoms with van der Waals surface area (Å²) >= 11 is 0. The molecule has 0 aromatic heterocycles. The minimum Gasteiger partial charge on any atom is -0.388 e. The monoisotopic (exact) mass is 408 g/mol. The van der Waals surface area contributed by atoms with Crippen molar-refractivity contribution in [3.05, 3.63) is 64.0 Å². The zero-order chi connectivity index (χ0) is 20.5. The minimum atomic E-state index is -3.65. The summed E-state index contributed by atoms with van der Waals surface area (Å²) in [5.74, 6) is -0.404. The number of nitro benzene ring substituents is 1. The van der Waals surface area contributed by atoms with Gasteiger partial charge in [0.25, 0.3) is 5.69 Å². The van der Waals surface area contributed by atoms with Gasteiger partial charge >= 0.3 is 0 Å². The number of hydrogen-bond acceptors (Lipinski definition) is 6. The topological polar surface area (TPSA) is 101 Å². The first kappa shape index (κ1) is 20.2. The zero-order valence-corrected chi connectivity index (χ0v) is 16.1. The van der Waals surface area contributed by atoms with E-state index < -0.39 is 20.9 Å². The molecule has 1 saturated heterocycles. The predicted octanol–water partition coefficient (Wildman–Crippen LogP) is 3.09. The van der Waals surface area contributed by atoms with Crippen LogP contribution in [0.25, 0.3) is 0 Å². The van der Waals surface area contributed by atoms with Crippen molar-refractivity contribution in [2.75, 3.05) is 24.2 Å². The Morgan fingerprint density at radius 1 is 1.18 bits per heavy atom. The van der Waals surface area contributed by atoms with Gasteiger partial charge in [0.2, 0.25) is 0 Å². The molecule has 0 radical (unpaired) electrons. The van der Waals surface area contributed by atoms with Crippen LogP contribution < -0.4 is 4.90 Å². The molecular formula is C19H21FN2O5S. The molecule has 1 N–H and O–H groups in total. The standard InChI is InChI=1S/C19H21FN2O5S/c1-28(26,27)18-12-16(22(24)25)6-7-17(18)21-10-8-14(9-11-21)19(23)13-2-4-15(20)5-3-13/h2-7,12,14,19,23H,8-11H2,1H3. The first-order valence-corrected chi connectivity index (χ1v) is 10.7. The number of piperidine rings is 1. The number of hydrogen-bond donors (Lipinski definition) is 1. The highest BCUT2D eigenvalue weighted by Crippen LogP contribution is 2.35. The Hall–Kier alpha value is -2.52. The van der Waals surface area contributed by atoms with Crippen LogP contribution in [0.5, 0.6) is 0 Å². The Morgan fingerprint density at radius 3 is 2.32 bits per heavy atom. The summed E-state index contributed by atoms with van der Waals surface area (Å²) in [6.07, 6.45) is 1.52. The Labute approximate surface area is 162 Å². The molecule has 3 rings (SSSR count). The number of nitro groups is 1. The van der Waals surface area contributed by atoms with Gasteiger partial charge in [-0.25, -0.2) is 12.8 Å². The van der Waals surface area contributed by atoms with E-state index in [1.165, 1.54) is 24.3 Å². The third-order valence-electron chi connectivity index (χ3n) is 5.09. The molecule has 9 heteroatoms. The maximum atomic E-state index is 13.1. The molecule has 150 valence electrons. The van der Waals surface area contributed by atoms with Gasteiger partial charge < -0.3 is 10.0 Å². The van der Waals surface area contributed by atoms with Gasteiger partial charge in [0, 0.05) is 31.5 Å². The Balaban J connectivity index is 1.77. The number of aliphatic hydroxyl groups excluding tert-OH is 1. The molecule has 2 aromatic carbocycles. The van der Waals surface area contributed by atoms with Gasteiger partial charge in [-0.05, 0) is 42.5 Å². The van der Waals surface area contributed by atoms with Crippen LogP contribution in [0.1, 0.15) is 24.5 Å². The fraction of sp³-hybridized carbons (Fsp3) is 0.368. The lowest BCUT2D eigenvalue weighted by Crippen LogP contribution is -2.36. The van der Waals surface area contributed by atoms with E-state index in [2.05, 4.69) is 0 Å². The lowest BCUT2D eigenvalue weighted by molar-refractivity contribution is -0.385. The maximum Gasteiger partial charge on any atom is 0.270 e. The van der Waals surface area contributed by atoms with Crippen LogP contribution in [0, 0.1) is 21.8 Å². The third-order valence-corrected chi connectivity index (χ3v) is 6.22. The normalized spacial score (nSPS) is 16.8. The van der Waals surface area contributed by atoms with Crippen molar-refractivity contribution in [3.8, 4) is 0 Å². The van der Waals surface area contributed by atoms with Crippen molar-refractivity contribution in [2.24, 2.45) is 5.92 Å². The summed E-state index contributed by atoms with van der Waals surface area (Å²) in [6.45, 7) is 1.01. The summed E-state index contributed by atoms with van der Waals surface area (Å²) in [6, 6.07) is 9.58. The molecule has 1 aliphatic rings. The number of halogens is 1. The molecule has 0 saturated carbocycles. The Morgan fingerprint density at radius 2 is 1.79 bits per heavy atom. The molecule has 1 atom stereocenters. The molecule has 7 nitrogen and oxygen atoms in total. The molecule has 1 aliphatic heterocycles. The second-order valence-corrected chi connectivity index (χ2v) is 8.99.